The van der Waals surface area contributed by atoms with Gasteiger partial charge >= 0.3 is 0 Å². The molecule has 4 heterocycles. The molecular formula is C47H58N4O3. The highest BCUT2D eigenvalue weighted by Gasteiger charge is 2.27. The monoisotopic (exact) mass is 726 g/mol. The van der Waals surface area contributed by atoms with Crippen LogP contribution in [0.3, 0.4) is 0 Å². The Morgan fingerprint density at radius 3 is 1.48 bits per heavy atom. The van der Waals surface area contributed by atoms with Crippen LogP contribution < -0.4 is 0 Å². The second-order valence-corrected chi connectivity index (χ2v) is 16.1. The van der Waals surface area contributed by atoms with Crippen LogP contribution in [-0.4, -0.2) is 39.8 Å². The van der Waals surface area contributed by atoms with Crippen LogP contribution >= 0.6 is 0 Å². The van der Waals surface area contributed by atoms with Crippen LogP contribution in [-0.2, 0) is 14.2 Å². The van der Waals surface area contributed by atoms with E-state index in [1.807, 2.05) is 42.9 Å². The second kappa shape index (κ2) is 19.3. The van der Waals surface area contributed by atoms with E-state index in [1.165, 1.54) is 32.1 Å². The molecule has 7 nitrogen and oxygen atoms in total. The zero-order valence-electron chi connectivity index (χ0n) is 33.0. The lowest BCUT2D eigenvalue weighted by molar-refractivity contribution is -0.0166. The smallest absolute Gasteiger partial charge is 0.141 e. The van der Waals surface area contributed by atoms with Gasteiger partial charge in [0.1, 0.15) is 18.3 Å². The molecule has 3 unspecified atom stereocenters. The summed E-state index contributed by atoms with van der Waals surface area (Å²) in [6.45, 7) is 15.1. The van der Waals surface area contributed by atoms with E-state index in [2.05, 4.69) is 101 Å². The SMILES string of the molecule is CC(C)COC(c1ccc(-c2ccc(C(OCC(C)C)C3CCCCC3)nc2)cc1)c1ccc(-c2ccc(C(OCC(C)C)c3ccccn3)nc2)cn1. The highest BCUT2D eigenvalue weighted by atomic mass is 16.5. The standard InChI is InChI=1S/C47H58N4O3/c1-32(2)29-52-45(36-12-8-7-9-13-36)42-22-19-38(26-49-42)35-15-17-37(18-16-35)46(53-30-33(3)4)43-23-20-39(27-50-43)40-21-24-44(51-28-40)47(54-31-34(5)6)41-14-10-11-25-48-41/h10-11,14-28,32-34,36,45-47H,7-9,12-13,29-31H2,1-6H3. The highest BCUT2D eigenvalue weighted by Crippen LogP contribution is 2.37. The molecule has 0 radical (unpaired) electrons. The molecule has 54 heavy (non-hydrogen) atoms. The summed E-state index contributed by atoms with van der Waals surface area (Å²) in [4.78, 5) is 19.3. The minimum Gasteiger partial charge on any atom is -0.371 e. The van der Waals surface area contributed by atoms with Gasteiger partial charge in [0, 0.05) is 48.1 Å². The van der Waals surface area contributed by atoms with Crippen molar-refractivity contribution in [2.24, 2.45) is 23.7 Å². The van der Waals surface area contributed by atoms with Gasteiger partial charge in [-0.05, 0) is 78.0 Å². The molecule has 0 spiro atoms. The van der Waals surface area contributed by atoms with Crippen LogP contribution in [0.1, 0.15) is 120 Å². The fourth-order valence-corrected chi connectivity index (χ4v) is 7.04. The van der Waals surface area contributed by atoms with Gasteiger partial charge in [0.05, 0.1) is 36.0 Å². The maximum absolute atomic E-state index is 6.51. The van der Waals surface area contributed by atoms with Gasteiger partial charge < -0.3 is 14.2 Å². The zero-order chi connectivity index (χ0) is 37.9. The van der Waals surface area contributed by atoms with E-state index in [9.17, 15) is 0 Å². The van der Waals surface area contributed by atoms with Gasteiger partial charge in [-0.25, -0.2) is 0 Å². The maximum Gasteiger partial charge on any atom is 0.141 e. The minimum atomic E-state index is -0.322. The molecule has 0 aliphatic heterocycles. The quantitative estimate of drug-likeness (QED) is 0.0943. The summed E-state index contributed by atoms with van der Waals surface area (Å²) in [7, 11) is 0. The number of aromatic nitrogens is 4. The average molecular weight is 727 g/mol. The Bertz CT molecular complexity index is 1820. The van der Waals surface area contributed by atoms with Crippen molar-refractivity contribution in [3.8, 4) is 22.3 Å². The molecule has 0 saturated heterocycles. The van der Waals surface area contributed by atoms with E-state index in [0.29, 0.717) is 36.9 Å². The fourth-order valence-electron chi connectivity index (χ4n) is 7.04. The number of nitrogens with zero attached hydrogens (tertiary/aromatic N) is 4. The number of benzene rings is 1. The first-order chi connectivity index (χ1) is 26.2. The summed E-state index contributed by atoms with van der Waals surface area (Å²) in [5.74, 6) is 1.83. The third-order valence-electron chi connectivity index (χ3n) is 9.90. The molecule has 7 heteroatoms. The maximum atomic E-state index is 6.51. The van der Waals surface area contributed by atoms with Crippen LogP contribution in [0.15, 0.2) is 104 Å². The van der Waals surface area contributed by atoms with Crippen molar-refractivity contribution in [1.82, 2.24) is 19.9 Å². The molecule has 5 aromatic rings. The molecule has 1 aliphatic rings. The Balaban J connectivity index is 1.17. The average Bonchev–Trinajstić information content (AvgIpc) is 3.20. The van der Waals surface area contributed by atoms with Crippen molar-refractivity contribution in [3.63, 3.8) is 0 Å². The zero-order valence-corrected chi connectivity index (χ0v) is 33.0. The summed E-state index contributed by atoms with van der Waals surface area (Å²) < 4.78 is 19.3. The van der Waals surface area contributed by atoms with Crippen molar-refractivity contribution in [2.45, 2.75) is 92.0 Å². The van der Waals surface area contributed by atoms with Crippen LogP contribution in [0, 0.1) is 23.7 Å². The van der Waals surface area contributed by atoms with Crippen molar-refractivity contribution >= 4 is 0 Å². The first-order valence-corrected chi connectivity index (χ1v) is 20.0. The van der Waals surface area contributed by atoms with Gasteiger partial charge in [-0.3, -0.25) is 19.9 Å². The molecule has 6 rings (SSSR count). The topological polar surface area (TPSA) is 79.2 Å². The Hall–Kier alpha value is -4.30. The van der Waals surface area contributed by atoms with E-state index in [0.717, 1.165) is 57.2 Å². The van der Waals surface area contributed by atoms with E-state index in [1.54, 1.807) is 6.20 Å². The minimum absolute atomic E-state index is 0.0659. The highest BCUT2D eigenvalue weighted by molar-refractivity contribution is 5.64. The molecule has 1 saturated carbocycles. The molecular weight excluding hydrogens is 669 g/mol. The molecule has 4 aromatic heterocycles. The summed E-state index contributed by atoms with van der Waals surface area (Å²) in [5, 5.41) is 0. The third-order valence-corrected chi connectivity index (χ3v) is 9.90. The lowest BCUT2D eigenvalue weighted by Crippen LogP contribution is -2.21. The Morgan fingerprint density at radius 2 is 0.963 bits per heavy atom. The summed E-state index contributed by atoms with van der Waals surface area (Å²) in [6, 6.07) is 27.2. The van der Waals surface area contributed by atoms with Gasteiger partial charge in [0.25, 0.3) is 0 Å². The predicted molar refractivity (Wildman–Crippen MR) is 217 cm³/mol. The second-order valence-electron chi connectivity index (χ2n) is 16.1. The Labute approximate surface area is 323 Å². The van der Waals surface area contributed by atoms with Crippen LogP contribution in [0.25, 0.3) is 22.3 Å². The predicted octanol–water partition coefficient (Wildman–Crippen LogP) is 11.4. The fraction of sp³-hybridized carbons (Fsp3) is 0.447. The van der Waals surface area contributed by atoms with Crippen LogP contribution in [0.4, 0.5) is 0 Å². The Morgan fingerprint density at radius 1 is 0.481 bits per heavy atom. The van der Waals surface area contributed by atoms with Crippen LogP contribution in [0.5, 0.6) is 0 Å². The van der Waals surface area contributed by atoms with Crippen LogP contribution in [0.2, 0.25) is 0 Å². The summed E-state index contributed by atoms with van der Waals surface area (Å²) >= 11 is 0. The largest absolute Gasteiger partial charge is 0.371 e. The number of pyridine rings is 4. The van der Waals surface area contributed by atoms with Gasteiger partial charge in [-0.2, -0.15) is 0 Å². The molecule has 0 amide bonds. The van der Waals surface area contributed by atoms with Gasteiger partial charge in [0.2, 0.25) is 0 Å². The van der Waals surface area contributed by atoms with Crippen molar-refractivity contribution in [2.75, 3.05) is 19.8 Å². The lowest BCUT2D eigenvalue weighted by atomic mass is 9.83. The molecule has 3 atom stereocenters. The number of hydrogen-bond donors (Lipinski definition) is 0. The van der Waals surface area contributed by atoms with E-state index >= 15 is 0 Å². The third kappa shape index (κ3) is 10.7. The number of rotatable bonds is 17. The van der Waals surface area contributed by atoms with Crippen molar-refractivity contribution < 1.29 is 14.2 Å². The van der Waals surface area contributed by atoms with Gasteiger partial charge in [0.15, 0.2) is 0 Å². The number of hydrogen-bond acceptors (Lipinski definition) is 7. The van der Waals surface area contributed by atoms with Crippen molar-refractivity contribution in [1.29, 1.82) is 0 Å². The lowest BCUT2D eigenvalue weighted by Gasteiger charge is -2.30. The molecule has 0 bridgehead atoms. The molecule has 1 aromatic carbocycles. The molecule has 1 fully saturated rings. The van der Waals surface area contributed by atoms with E-state index < -0.39 is 0 Å². The van der Waals surface area contributed by atoms with E-state index in [4.69, 9.17) is 29.2 Å². The normalized spacial score (nSPS) is 15.5. The Kier molecular flexibility index (Phi) is 14.1. The van der Waals surface area contributed by atoms with E-state index in [-0.39, 0.29) is 18.3 Å². The van der Waals surface area contributed by atoms with Gasteiger partial charge in [-0.15, -0.1) is 0 Å². The number of ether oxygens (including phenoxy) is 3. The summed E-state index contributed by atoms with van der Waals surface area (Å²) in [5.41, 5.74) is 8.87. The first-order valence-electron chi connectivity index (χ1n) is 20.0. The molecule has 0 N–H and O–H groups in total. The summed E-state index contributed by atoms with van der Waals surface area (Å²) in [6.07, 6.45) is 13.4. The first kappa shape index (κ1) is 39.4. The molecule has 284 valence electrons. The molecule has 1 aliphatic carbocycles. The van der Waals surface area contributed by atoms with Gasteiger partial charge in [-0.1, -0.05) is 109 Å². The van der Waals surface area contributed by atoms with Crippen molar-refractivity contribution in [3.05, 3.63) is 132 Å².